The van der Waals surface area contributed by atoms with Gasteiger partial charge in [-0.25, -0.2) is 15.0 Å². The van der Waals surface area contributed by atoms with Crippen LogP contribution in [0.2, 0.25) is 0 Å². The van der Waals surface area contributed by atoms with Crippen molar-refractivity contribution in [3.63, 3.8) is 0 Å². The van der Waals surface area contributed by atoms with Crippen LogP contribution >= 0.6 is 11.3 Å². The highest BCUT2D eigenvalue weighted by molar-refractivity contribution is 7.25. The molecule has 0 saturated carbocycles. The number of benzene rings is 7. The maximum absolute atomic E-state index is 6.28. The van der Waals surface area contributed by atoms with Crippen molar-refractivity contribution >= 4 is 75.0 Å². The number of hydrogen-bond donors (Lipinski definition) is 0. The summed E-state index contributed by atoms with van der Waals surface area (Å²) in [7, 11) is 0. The smallest absolute Gasteiger partial charge is 0.164 e. The van der Waals surface area contributed by atoms with Gasteiger partial charge in [0, 0.05) is 53.0 Å². The van der Waals surface area contributed by atoms with Crippen molar-refractivity contribution in [3.05, 3.63) is 140 Å². The van der Waals surface area contributed by atoms with Crippen LogP contribution in [0.25, 0.3) is 97.8 Å². The third-order valence-electron chi connectivity index (χ3n) is 8.93. The summed E-state index contributed by atoms with van der Waals surface area (Å²) < 4.78 is 8.73. The molecule has 0 N–H and O–H groups in total. The molecule has 10 rings (SSSR count). The Hall–Kier alpha value is -5.91. The molecule has 7 aromatic carbocycles. The third kappa shape index (κ3) is 3.82. The quantitative estimate of drug-likeness (QED) is 0.188. The number of hydrogen-bond acceptors (Lipinski definition) is 5. The lowest BCUT2D eigenvalue weighted by Gasteiger charge is -2.12. The maximum Gasteiger partial charge on any atom is 0.164 e. The van der Waals surface area contributed by atoms with Crippen molar-refractivity contribution in [3.8, 4) is 34.2 Å². The highest BCUT2D eigenvalue weighted by Gasteiger charge is 2.19. The molecule has 3 heterocycles. The zero-order chi connectivity index (χ0) is 30.2. The van der Waals surface area contributed by atoms with E-state index in [9.17, 15) is 0 Å². The first-order chi connectivity index (χ1) is 22.8. The minimum absolute atomic E-state index is 0.608. The monoisotopic (exact) mass is 605 g/mol. The molecule has 0 amide bonds. The van der Waals surface area contributed by atoms with E-state index in [1.165, 1.54) is 30.9 Å². The molecular weight excluding hydrogens is 583 g/mol. The summed E-state index contributed by atoms with van der Waals surface area (Å²) in [5, 5.41) is 9.19. The first-order valence-electron chi connectivity index (χ1n) is 15.3. The van der Waals surface area contributed by atoms with Crippen LogP contribution in [-0.2, 0) is 0 Å². The van der Waals surface area contributed by atoms with Crippen molar-refractivity contribution in [2.45, 2.75) is 0 Å². The molecule has 0 fully saturated rings. The molecular formula is C41H23N3OS. The molecule has 4 nitrogen and oxygen atoms in total. The minimum Gasteiger partial charge on any atom is -0.456 e. The van der Waals surface area contributed by atoms with Gasteiger partial charge in [-0.15, -0.1) is 11.3 Å². The second-order valence-corrected chi connectivity index (χ2v) is 12.7. The molecule has 5 heteroatoms. The van der Waals surface area contributed by atoms with Crippen LogP contribution in [0.4, 0.5) is 0 Å². The Balaban J connectivity index is 1.28. The van der Waals surface area contributed by atoms with E-state index in [1.54, 1.807) is 11.3 Å². The Morgan fingerprint density at radius 1 is 0.413 bits per heavy atom. The van der Waals surface area contributed by atoms with Gasteiger partial charge in [0.1, 0.15) is 11.2 Å². The largest absolute Gasteiger partial charge is 0.456 e. The molecule has 46 heavy (non-hydrogen) atoms. The number of rotatable bonds is 3. The highest BCUT2D eigenvalue weighted by atomic mass is 32.1. The van der Waals surface area contributed by atoms with Gasteiger partial charge in [0.2, 0.25) is 0 Å². The van der Waals surface area contributed by atoms with Gasteiger partial charge in [-0.05, 0) is 46.5 Å². The lowest BCUT2D eigenvalue weighted by molar-refractivity contribution is 0.669. The van der Waals surface area contributed by atoms with Crippen molar-refractivity contribution < 1.29 is 4.42 Å². The van der Waals surface area contributed by atoms with Crippen molar-refractivity contribution in [2.24, 2.45) is 0 Å². The number of fused-ring (bicyclic) bond motifs is 9. The van der Waals surface area contributed by atoms with Crippen LogP contribution in [0.1, 0.15) is 0 Å². The summed E-state index contributed by atoms with van der Waals surface area (Å²) in [6.45, 7) is 0. The van der Waals surface area contributed by atoms with Crippen LogP contribution in [0.15, 0.2) is 144 Å². The van der Waals surface area contributed by atoms with E-state index in [2.05, 4.69) is 121 Å². The Morgan fingerprint density at radius 3 is 1.93 bits per heavy atom. The summed E-state index contributed by atoms with van der Waals surface area (Å²) in [5.41, 5.74) is 4.53. The minimum atomic E-state index is 0.608. The fraction of sp³-hybridized carbons (Fsp3) is 0. The first kappa shape index (κ1) is 25.4. The van der Waals surface area contributed by atoms with E-state index in [1.807, 2.05) is 18.2 Å². The van der Waals surface area contributed by atoms with Gasteiger partial charge < -0.3 is 4.42 Å². The molecule has 0 saturated heterocycles. The molecule has 0 unspecified atom stereocenters. The van der Waals surface area contributed by atoms with Gasteiger partial charge in [-0.1, -0.05) is 109 Å². The Kier molecular flexibility index (Phi) is 5.41. The lowest BCUT2D eigenvalue weighted by Crippen LogP contribution is -2.01. The van der Waals surface area contributed by atoms with E-state index in [0.717, 1.165) is 49.4 Å². The number of thiophene rings is 1. The maximum atomic E-state index is 6.28. The van der Waals surface area contributed by atoms with E-state index < -0.39 is 0 Å². The van der Waals surface area contributed by atoms with E-state index in [0.29, 0.717) is 17.5 Å². The lowest BCUT2D eigenvalue weighted by atomic mass is 9.97. The van der Waals surface area contributed by atoms with Crippen LogP contribution in [-0.4, -0.2) is 15.0 Å². The molecule has 10 aromatic rings. The van der Waals surface area contributed by atoms with E-state index >= 15 is 0 Å². The summed E-state index contributed by atoms with van der Waals surface area (Å²) in [6, 6.07) is 48.6. The average molecular weight is 606 g/mol. The molecule has 0 spiro atoms. The highest BCUT2D eigenvalue weighted by Crippen LogP contribution is 2.41. The van der Waals surface area contributed by atoms with Gasteiger partial charge >= 0.3 is 0 Å². The summed E-state index contributed by atoms with van der Waals surface area (Å²) in [5.74, 6) is 1.90. The van der Waals surface area contributed by atoms with Gasteiger partial charge in [0.25, 0.3) is 0 Å². The molecule has 0 radical (unpaired) electrons. The molecule has 0 aliphatic heterocycles. The molecule has 214 valence electrons. The zero-order valence-corrected chi connectivity index (χ0v) is 25.3. The summed E-state index contributed by atoms with van der Waals surface area (Å²) in [6.07, 6.45) is 0. The fourth-order valence-corrected chi connectivity index (χ4v) is 7.95. The topological polar surface area (TPSA) is 51.8 Å². The van der Waals surface area contributed by atoms with Crippen LogP contribution in [0.5, 0.6) is 0 Å². The van der Waals surface area contributed by atoms with Crippen LogP contribution in [0.3, 0.4) is 0 Å². The second-order valence-electron chi connectivity index (χ2n) is 11.6. The normalized spacial score (nSPS) is 11.9. The number of furan rings is 1. The Morgan fingerprint density at radius 2 is 1.04 bits per heavy atom. The summed E-state index contributed by atoms with van der Waals surface area (Å²) in [4.78, 5) is 15.6. The van der Waals surface area contributed by atoms with Crippen molar-refractivity contribution in [1.29, 1.82) is 0 Å². The van der Waals surface area contributed by atoms with Gasteiger partial charge in [-0.2, -0.15) is 0 Å². The van der Waals surface area contributed by atoms with Crippen molar-refractivity contribution in [1.82, 2.24) is 15.0 Å². The zero-order valence-electron chi connectivity index (χ0n) is 24.4. The van der Waals surface area contributed by atoms with Gasteiger partial charge in [0.05, 0.1) is 0 Å². The van der Waals surface area contributed by atoms with Crippen LogP contribution in [0, 0.1) is 0 Å². The number of para-hydroxylation sites is 1. The predicted octanol–water partition coefficient (Wildman–Crippen LogP) is 11.4. The second kappa shape index (κ2) is 9.80. The van der Waals surface area contributed by atoms with Crippen LogP contribution < -0.4 is 0 Å². The van der Waals surface area contributed by atoms with Gasteiger partial charge in [-0.3, -0.25) is 0 Å². The number of aromatic nitrogens is 3. The van der Waals surface area contributed by atoms with E-state index in [-0.39, 0.29) is 0 Å². The predicted molar refractivity (Wildman–Crippen MR) is 191 cm³/mol. The number of nitrogens with zero attached hydrogens (tertiary/aromatic N) is 3. The van der Waals surface area contributed by atoms with Gasteiger partial charge in [0.15, 0.2) is 17.5 Å². The van der Waals surface area contributed by atoms with Crippen molar-refractivity contribution in [2.75, 3.05) is 0 Å². The van der Waals surface area contributed by atoms with E-state index in [4.69, 9.17) is 19.4 Å². The molecule has 3 aromatic heterocycles. The third-order valence-corrected chi connectivity index (χ3v) is 10.1. The molecule has 0 aliphatic rings. The molecule has 0 atom stereocenters. The Labute approximate surface area is 267 Å². The SMILES string of the molecule is c1ccc2c(c1)ccc1cccc(-c3nc(-c4ccc5c(c4)oc4ccccc45)nc(-c4cccc5sc6ccccc6c45)n3)c12. The fourth-order valence-electron chi connectivity index (χ4n) is 6.82. The molecule has 0 aliphatic carbocycles. The first-order valence-corrected chi connectivity index (χ1v) is 16.1. The summed E-state index contributed by atoms with van der Waals surface area (Å²) >= 11 is 1.79. The Bertz CT molecular complexity index is 2830. The molecule has 0 bridgehead atoms. The standard InChI is InChI=1S/C41H23N3OS/c1-2-11-27-24(9-1)19-20-25-10-7-14-31(37(25)27)40-42-39(26-21-22-29-28-12-3-5-16-33(28)45-34(29)23-26)43-41(44-40)32-15-8-18-36-38(32)30-13-4-6-17-35(30)46-36/h1-23H. The average Bonchev–Trinajstić information content (AvgIpc) is 3.69.